The predicted octanol–water partition coefficient (Wildman–Crippen LogP) is 1.66. The van der Waals surface area contributed by atoms with Crippen LogP contribution in [0, 0.1) is 0 Å². The van der Waals surface area contributed by atoms with E-state index in [1.54, 1.807) is 6.92 Å². The van der Waals surface area contributed by atoms with Gasteiger partial charge in [-0.2, -0.15) is 0 Å². The van der Waals surface area contributed by atoms with Crippen molar-refractivity contribution in [1.82, 2.24) is 0 Å². The van der Waals surface area contributed by atoms with Crippen molar-refractivity contribution >= 4 is 17.7 Å². The van der Waals surface area contributed by atoms with Gasteiger partial charge in [-0.15, -0.1) is 0 Å². The van der Waals surface area contributed by atoms with E-state index in [0.717, 1.165) is 6.07 Å². The summed E-state index contributed by atoms with van der Waals surface area (Å²) in [6.07, 6.45) is -0.662. The number of carboxylic acids is 1. The van der Waals surface area contributed by atoms with Gasteiger partial charge in [0, 0.05) is 11.8 Å². The third kappa shape index (κ3) is 2.88. The molecule has 0 unspecified atom stereocenters. The number of anilines is 1. The van der Waals surface area contributed by atoms with Gasteiger partial charge >= 0.3 is 12.1 Å². The van der Waals surface area contributed by atoms with Crippen molar-refractivity contribution in [1.29, 1.82) is 0 Å². The molecule has 1 aromatic carbocycles. The summed E-state index contributed by atoms with van der Waals surface area (Å²) in [6.45, 7) is 1.88. The van der Waals surface area contributed by atoms with Gasteiger partial charge in [0.2, 0.25) is 0 Å². The molecule has 0 aliphatic carbocycles. The Labute approximate surface area is 91.5 Å². The highest BCUT2D eigenvalue weighted by Crippen LogP contribution is 2.21. The maximum atomic E-state index is 11.0. The third-order valence-corrected chi connectivity index (χ3v) is 1.75. The standard InChI is InChI=1S/C10H11NO5/c1-2-16-10(15)11-6-3-4-7(9(13)14)8(12)5-6/h3-5,12H,2H2,1H3,(H,11,15)(H,13,14). The number of benzene rings is 1. The van der Waals surface area contributed by atoms with Gasteiger partial charge in [-0.05, 0) is 19.1 Å². The lowest BCUT2D eigenvalue weighted by Crippen LogP contribution is -2.13. The fourth-order valence-electron chi connectivity index (χ4n) is 1.08. The Kier molecular flexibility index (Phi) is 3.71. The fraction of sp³-hybridized carbons (Fsp3) is 0.200. The lowest BCUT2D eigenvalue weighted by Gasteiger charge is -2.06. The number of aromatic hydroxyl groups is 1. The second-order valence-corrected chi connectivity index (χ2v) is 2.88. The van der Waals surface area contributed by atoms with Crippen LogP contribution < -0.4 is 5.32 Å². The van der Waals surface area contributed by atoms with Crippen molar-refractivity contribution in [2.75, 3.05) is 11.9 Å². The summed E-state index contributed by atoms with van der Waals surface area (Å²) < 4.78 is 4.62. The van der Waals surface area contributed by atoms with Crippen LogP contribution >= 0.6 is 0 Å². The van der Waals surface area contributed by atoms with Gasteiger partial charge in [0.1, 0.15) is 11.3 Å². The molecule has 1 aromatic rings. The molecule has 6 nitrogen and oxygen atoms in total. The Morgan fingerprint density at radius 1 is 1.44 bits per heavy atom. The topological polar surface area (TPSA) is 95.9 Å². The van der Waals surface area contributed by atoms with Crippen molar-refractivity contribution in [2.24, 2.45) is 0 Å². The van der Waals surface area contributed by atoms with E-state index in [9.17, 15) is 14.7 Å². The zero-order chi connectivity index (χ0) is 12.1. The second-order valence-electron chi connectivity index (χ2n) is 2.88. The molecular formula is C10H11NO5. The number of ether oxygens (including phenoxy) is 1. The van der Waals surface area contributed by atoms with Crippen LogP contribution in [0.5, 0.6) is 5.75 Å². The Hall–Kier alpha value is -2.24. The highest BCUT2D eigenvalue weighted by Gasteiger charge is 2.10. The van der Waals surface area contributed by atoms with E-state index in [0.29, 0.717) is 0 Å². The summed E-state index contributed by atoms with van der Waals surface area (Å²) in [6, 6.07) is 3.69. The van der Waals surface area contributed by atoms with Crippen molar-refractivity contribution in [3.05, 3.63) is 23.8 Å². The fourth-order valence-corrected chi connectivity index (χ4v) is 1.08. The van der Waals surface area contributed by atoms with E-state index in [2.05, 4.69) is 10.1 Å². The number of hydrogen-bond acceptors (Lipinski definition) is 4. The molecule has 0 saturated heterocycles. The number of carbonyl (C=O) groups excluding carboxylic acids is 1. The average molecular weight is 225 g/mol. The van der Waals surface area contributed by atoms with Crippen molar-refractivity contribution in [3.8, 4) is 5.75 Å². The van der Waals surface area contributed by atoms with E-state index in [1.165, 1.54) is 12.1 Å². The summed E-state index contributed by atoms with van der Waals surface area (Å²) in [5, 5.41) is 20.3. The van der Waals surface area contributed by atoms with Crippen LogP contribution in [-0.2, 0) is 4.74 Å². The van der Waals surface area contributed by atoms with Gasteiger partial charge in [-0.1, -0.05) is 0 Å². The number of carbonyl (C=O) groups is 2. The number of hydrogen-bond donors (Lipinski definition) is 3. The zero-order valence-corrected chi connectivity index (χ0v) is 8.56. The summed E-state index contributed by atoms with van der Waals surface area (Å²) in [7, 11) is 0. The molecule has 6 heteroatoms. The van der Waals surface area contributed by atoms with Gasteiger partial charge in [0.25, 0.3) is 0 Å². The lowest BCUT2D eigenvalue weighted by molar-refractivity contribution is 0.0693. The predicted molar refractivity (Wildman–Crippen MR) is 55.7 cm³/mol. The van der Waals surface area contributed by atoms with E-state index < -0.39 is 17.8 Å². The largest absolute Gasteiger partial charge is 0.507 e. The highest BCUT2D eigenvalue weighted by atomic mass is 16.5. The molecule has 0 fully saturated rings. The van der Waals surface area contributed by atoms with Gasteiger partial charge in [-0.25, -0.2) is 9.59 Å². The molecule has 0 atom stereocenters. The van der Waals surface area contributed by atoms with Crippen LogP contribution in [0.15, 0.2) is 18.2 Å². The molecular weight excluding hydrogens is 214 g/mol. The minimum Gasteiger partial charge on any atom is -0.507 e. The summed E-state index contributed by atoms with van der Waals surface area (Å²) >= 11 is 0. The molecule has 1 amide bonds. The maximum Gasteiger partial charge on any atom is 0.411 e. The SMILES string of the molecule is CCOC(=O)Nc1ccc(C(=O)O)c(O)c1. The first-order valence-electron chi connectivity index (χ1n) is 4.54. The van der Waals surface area contributed by atoms with E-state index in [-0.39, 0.29) is 17.9 Å². The number of phenols is 1. The van der Waals surface area contributed by atoms with Crippen molar-refractivity contribution in [3.63, 3.8) is 0 Å². The minimum atomic E-state index is -1.24. The first kappa shape index (κ1) is 11.8. The van der Waals surface area contributed by atoms with Crippen molar-refractivity contribution in [2.45, 2.75) is 6.92 Å². The minimum absolute atomic E-state index is 0.227. The zero-order valence-electron chi connectivity index (χ0n) is 8.56. The molecule has 0 radical (unpaired) electrons. The number of rotatable bonds is 3. The molecule has 16 heavy (non-hydrogen) atoms. The average Bonchev–Trinajstić information content (AvgIpc) is 2.17. The summed E-state index contributed by atoms with van der Waals surface area (Å²) in [5.74, 6) is -1.65. The van der Waals surface area contributed by atoms with Gasteiger partial charge in [0.05, 0.1) is 6.61 Å². The first-order chi connectivity index (χ1) is 7.54. The van der Waals surface area contributed by atoms with Gasteiger partial charge in [0.15, 0.2) is 0 Å². The second kappa shape index (κ2) is 5.01. The van der Waals surface area contributed by atoms with E-state index >= 15 is 0 Å². The Morgan fingerprint density at radius 2 is 2.12 bits per heavy atom. The third-order valence-electron chi connectivity index (χ3n) is 1.75. The Bertz CT molecular complexity index is 416. The molecule has 0 bridgehead atoms. The Balaban J connectivity index is 2.81. The van der Waals surface area contributed by atoms with Gasteiger partial charge in [-0.3, -0.25) is 5.32 Å². The van der Waals surface area contributed by atoms with Crippen LogP contribution in [0.3, 0.4) is 0 Å². The molecule has 86 valence electrons. The van der Waals surface area contributed by atoms with Gasteiger partial charge < -0.3 is 14.9 Å². The molecule has 0 aromatic heterocycles. The number of aromatic carboxylic acids is 1. The van der Waals surface area contributed by atoms with Crippen LogP contribution in [0.2, 0.25) is 0 Å². The van der Waals surface area contributed by atoms with E-state index in [1.807, 2.05) is 0 Å². The number of nitrogens with one attached hydrogen (secondary N) is 1. The van der Waals surface area contributed by atoms with Crippen LogP contribution in [0.25, 0.3) is 0 Å². The summed E-state index contributed by atoms with van der Waals surface area (Å²) in [5.41, 5.74) is 0.0374. The maximum absolute atomic E-state index is 11.0. The quantitative estimate of drug-likeness (QED) is 0.726. The first-order valence-corrected chi connectivity index (χ1v) is 4.54. The summed E-state index contributed by atoms with van der Waals surface area (Å²) in [4.78, 5) is 21.6. The van der Waals surface area contributed by atoms with E-state index in [4.69, 9.17) is 5.11 Å². The number of carboxylic acid groups (broad SMARTS) is 1. The monoisotopic (exact) mass is 225 g/mol. The van der Waals surface area contributed by atoms with Crippen LogP contribution in [0.1, 0.15) is 17.3 Å². The lowest BCUT2D eigenvalue weighted by atomic mass is 10.2. The van der Waals surface area contributed by atoms with Crippen LogP contribution in [-0.4, -0.2) is 28.9 Å². The van der Waals surface area contributed by atoms with Crippen molar-refractivity contribution < 1.29 is 24.5 Å². The molecule has 0 saturated carbocycles. The molecule has 0 heterocycles. The smallest absolute Gasteiger partial charge is 0.411 e. The number of amides is 1. The molecule has 0 aliphatic rings. The highest BCUT2D eigenvalue weighted by molar-refractivity contribution is 5.92. The molecule has 3 N–H and O–H groups in total. The van der Waals surface area contributed by atoms with Crippen LogP contribution in [0.4, 0.5) is 10.5 Å². The normalized spacial score (nSPS) is 9.56. The molecule has 1 rings (SSSR count). The molecule has 0 aliphatic heterocycles. The Morgan fingerprint density at radius 3 is 2.62 bits per heavy atom. The molecule has 0 spiro atoms.